The third kappa shape index (κ3) is 2.79. The summed E-state index contributed by atoms with van der Waals surface area (Å²) in [4.78, 5) is 18.0. The van der Waals surface area contributed by atoms with Crippen molar-refractivity contribution in [3.8, 4) is 11.3 Å². The van der Waals surface area contributed by atoms with Gasteiger partial charge in [-0.1, -0.05) is 78.9 Å². The predicted octanol–water partition coefficient (Wildman–Crippen LogP) is 6.83. The van der Waals surface area contributed by atoms with Crippen molar-refractivity contribution >= 4 is 38.8 Å². The Kier molecular flexibility index (Phi) is 4.36. The highest BCUT2D eigenvalue weighted by Crippen LogP contribution is 2.44. The number of H-pyrrole nitrogens is 1. The zero-order valence-electron chi connectivity index (χ0n) is 17.0. The largest absolute Gasteiger partial charge is 0.353 e. The van der Waals surface area contributed by atoms with Gasteiger partial charge in [0.15, 0.2) is 0 Å². The number of aromatic amines is 1. The lowest BCUT2D eigenvalue weighted by Gasteiger charge is -2.18. The summed E-state index contributed by atoms with van der Waals surface area (Å²) in [5.41, 5.74) is 6.18. The summed E-state index contributed by atoms with van der Waals surface area (Å²) in [5, 5.41) is 3.55. The van der Waals surface area contributed by atoms with Crippen LogP contribution in [0, 0.1) is 0 Å². The van der Waals surface area contributed by atoms with E-state index < -0.39 is 0 Å². The number of nitrogens with one attached hydrogen (secondary N) is 1. The second kappa shape index (κ2) is 7.20. The van der Waals surface area contributed by atoms with E-state index in [0.717, 1.165) is 39.0 Å². The first kappa shape index (κ1) is 18.2. The van der Waals surface area contributed by atoms with Crippen molar-refractivity contribution in [1.82, 2.24) is 4.98 Å². The van der Waals surface area contributed by atoms with Crippen LogP contribution in [0.3, 0.4) is 0 Å². The van der Waals surface area contributed by atoms with E-state index in [1.54, 1.807) is 11.8 Å². The first-order valence-corrected chi connectivity index (χ1v) is 10.1. The molecule has 1 aromatic heterocycles. The average molecular weight is 390 g/mol. The number of para-hydroxylation sites is 1. The number of allylic oxidation sites excluding steroid dienone is 5. The molecular formula is C27H22N2O. The number of hydrogen-bond acceptors (Lipinski definition) is 1. The minimum atomic E-state index is -0.0145. The molecule has 1 aliphatic heterocycles. The van der Waals surface area contributed by atoms with Crippen molar-refractivity contribution in [2.24, 2.45) is 0 Å². The Hall–Kier alpha value is -3.85. The molecule has 0 fully saturated rings. The second-order valence-electron chi connectivity index (χ2n) is 7.46. The highest BCUT2D eigenvalue weighted by Gasteiger charge is 2.25. The quantitative estimate of drug-likeness (QED) is 0.374. The van der Waals surface area contributed by atoms with E-state index in [1.165, 1.54) is 10.8 Å². The van der Waals surface area contributed by atoms with Crippen molar-refractivity contribution < 1.29 is 4.79 Å². The number of benzene rings is 3. The molecular weight excluding hydrogens is 368 g/mol. The van der Waals surface area contributed by atoms with Crippen molar-refractivity contribution in [3.63, 3.8) is 0 Å². The molecule has 3 heteroatoms. The van der Waals surface area contributed by atoms with Crippen LogP contribution in [0.4, 0.5) is 5.69 Å². The fourth-order valence-electron chi connectivity index (χ4n) is 4.26. The van der Waals surface area contributed by atoms with Crippen LogP contribution in [0.5, 0.6) is 0 Å². The van der Waals surface area contributed by atoms with Crippen LogP contribution in [0.1, 0.15) is 19.4 Å². The molecule has 1 aliphatic rings. The Morgan fingerprint density at radius 3 is 2.57 bits per heavy atom. The molecule has 0 bridgehead atoms. The van der Waals surface area contributed by atoms with Crippen LogP contribution in [-0.2, 0) is 4.79 Å². The summed E-state index contributed by atoms with van der Waals surface area (Å²) in [6, 6.07) is 20.8. The molecule has 3 nitrogen and oxygen atoms in total. The number of nitrogens with zero attached hydrogens (tertiary/aromatic N) is 1. The maximum Gasteiger partial charge on any atom is 0.227 e. The summed E-state index contributed by atoms with van der Waals surface area (Å²) >= 11 is 0. The third-order valence-electron chi connectivity index (χ3n) is 5.61. The number of fused-ring (bicyclic) bond motifs is 7. The fourth-order valence-corrected chi connectivity index (χ4v) is 4.26. The highest BCUT2D eigenvalue weighted by atomic mass is 16.2. The number of rotatable bonds is 2. The summed E-state index contributed by atoms with van der Waals surface area (Å²) in [6.45, 7) is 3.60. The molecule has 0 radical (unpaired) electrons. The third-order valence-corrected chi connectivity index (χ3v) is 5.61. The Morgan fingerprint density at radius 2 is 1.73 bits per heavy atom. The normalized spacial score (nSPS) is 13.7. The van der Waals surface area contributed by atoms with Crippen LogP contribution >= 0.6 is 0 Å². The SMILES string of the molecule is C/C=C\C=C/C1=CN(C(C)=O)c2ccccc2-c2[nH]c3c(ccc4ccccc43)c21. The Bertz CT molecular complexity index is 1380. The van der Waals surface area contributed by atoms with Crippen LogP contribution < -0.4 is 4.90 Å². The average Bonchev–Trinajstić information content (AvgIpc) is 3.09. The van der Waals surface area contributed by atoms with Crippen LogP contribution in [-0.4, -0.2) is 10.9 Å². The number of amides is 1. The van der Waals surface area contributed by atoms with Gasteiger partial charge in [0.1, 0.15) is 0 Å². The second-order valence-corrected chi connectivity index (χ2v) is 7.46. The van der Waals surface area contributed by atoms with Crippen molar-refractivity contribution in [2.45, 2.75) is 13.8 Å². The molecule has 0 spiro atoms. The lowest BCUT2D eigenvalue weighted by atomic mass is 9.97. The summed E-state index contributed by atoms with van der Waals surface area (Å²) in [7, 11) is 0. The fraction of sp³-hybridized carbons (Fsp3) is 0.0741. The van der Waals surface area contributed by atoms with Gasteiger partial charge < -0.3 is 4.98 Å². The van der Waals surface area contributed by atoms with Gasteiger partial charge in [0.05, 0.1) is 16.9 Å². The summed E-state index contributed by atoms with van der Waals surface area (Å²) in [6.07, 6.45) is 10.0. The minimum Gasteiger partial charge on any atom is -0.353 e. The molecule has 30 heavy (non-hydrogen) atoms. The van der Waals surface area contributed by atoms with Crippen LogP contribution in [0.2, 0.25) is 0 Å². The topological polar surface area (TPSA) is 36.1 Å². The molecule has 3 aromatic carbocycles. The maximum absolute atomic E-state index is 12.5. The van der Waals surface area contributed by atoms with E-state index in [0.29, 0.717) is 0 Å². The molecule has 0 saturated heterocycles. The van der Waals surface area contributed by atoms with Gasteiger partial charge in [-0.25, -0.2) is 0 Å². The van der Waals surface area contributed by atoms with Crippen molar-refractivity contribution in [1.29, 1.82) is 0 Å². The van der Waals surface area contributed by atoms with Gasteiger partial charge in [-0.05, 0) is 18.4 Å². The molecule has 2 heterocycles. The van der Waals surface area contributed by atoms with E-state index in [9.17, 15) is 4.79 Å². The van der Waals surface area contributed by atoms with E-state index in [2.05, 4.69) is 53.5 Å². The number of aromatic nitrogens is 1. The Labute approximate surface area is 175 Å². The first-order chi connectivity index (χ1) is 14.7. The van der Waals surface area contributed by atoms with E-state index in [4.69, 9.17) is 0 Å². The number of hydrogen-bond donors (Lipinski definition) is 1. The lowest BCUT2D eigenvalue weighted by molar-refractivity contribution is -0.115. The molecule has 0 unspecified atom stereocenters. The summed E-state index contributed by atoms with van der Waals surface area (Å²) < 4.78 is 0. The summed E-state index contributed by atoms with van der Waals surface area (Å²) in [5.74, 6) is -0.0145. The molecule has 1 N–H and O–H groups in total. The van der Waals surface area contributed by atoms with Gasteiger partial charge in [-0.15, -0.1) is 0 Å². The van der Waals surface area contributed by atoms with Gasteiger partial charge in [0.2, 0.25) is 5.91 Å². The molecule has 4 aromatic rings. The van der Waals surface area contributed by atoms with Gasteiger partial charge in [-0.2, -0.15) is 0 Å². The van der Waals surface area contributed by atoms with Crippen LogP contribution in [0.15, 0.2) is 91.2 Å². The number of anilines is 1. The monoisotopic (exact) mass is 390 g/mol. The minimum absolute atomic E-state index is 0.0145. The molecule has 146 valence electrons. The zero-order valence-corrected chi connectivity index (χ0v) is 17.0. The number of carbonyl (C=O) groups excluding carboxylic acids is 1. The standard InChI is InChI=1S/C27H22N2O/c1-3-4-5-11-20-17-29(18(2)30)24-14-9-8-13-22(24)27-25(20)23-16-15-19-10-6-7-12-21(19)26(23)28-27/h3-17,28H,1-2H3/b4-3-,11-5-. The van der Waals surface area contributed by atoms with E-state index in [-0.39, 0.29) is 5.91 Å². The lowest BCUT2D eigenvalue weighted by Crippen LogP contribution is -2.22. The van der Waals surface area contributed by atoms with Crippen molar-refractivity contribution in [3.05, 3.63) is 96.7 Å². The zero-order chi connectivity index (χ0) is 20.7. The van der Waals surface area contributed by atoms with Gasteiger partial charge >= 0.3 is 0 Å². The van der Waals surface area contributed by atoms with Crippen molar-refractivity contribution in [2.75, 3.05) is 4.90 Å². The number of carbonyl (C=O) groups is 1. The highest BCUT2D eigenvalue weighted by molar-refractivity contribution is 6.15. The molecule has 1 amide bonds. The molecule has 0 saturated carbocycles. The Morgan fingerprint density at radius 1 is 0.933 bits per heavy atom. The van der Waals surface area contributed by atoms with Gasteiger partial charge in [-0.3, -0.25) is 9.69 Å². The van der Waals surface area contributed by atoms with E-state index >= 15 is 0 Å². The van der Waals surface area contributed by atoms with E-state index in [1.807, 2.05) is 49.6 Å². The molecule has 0 aliphatic carbocycles. The van der Waals surface area contributed by atoms with Gasteiger partial charge in [0, 0.05) is 40.6 Å². The predicted molar refractivity (Wildman–Crippen MR) is 126 cm³/mol. The van der Waals surface area contributed by atoms with Gasteiger partial charge in [0.25, 0.3) is 0 Å². The first-order valence-electron chi connectivity index (χ1n) is 10.1. The maximum atomic E-state index is 12.5. The molecule has 0 atom stereocenters. The van der Waals surface area contributed by atoms with Crippen LogP contribution in [0.25, 0.3) is 38.5 Å². The smallest absolute Gasteiger partial charge is 0.227 e. The molecule has 5 rings (SSSR count). The Balaban J connectivity index is 1.91.